The first-order valence-electron chi connectivity index (χ1n) is 10.2. The van der Waals surface area contributed by atoms with Gasteiger partial charge in [0, 0.05) is 11.3 Å². The summed E-state index contributed by atoms with van der Waals surface area (Å²) in [5.41, 5.74) is 1.17. The zero-order chi connectivity index (χ0) is 22.5. The van der Waals surface area contributed by atoms with Gasteiger partial charge in [0.25, 0.3) is 5.91 Å². The van der Waals surface area contributed by atoms with Crippen LogP contribution in [0.1, 0.15) is 35.4 Å². The molecule has 164 valence electrons. The Morgan fingerprint density at radius 2 is 1.78 bits per heavy atom. The lowest BCUT2D eigenvalue weighted by atomic mass is 9.79. The van der Waals surface area contributed by atoms with E-state index in [9.17, 15) is 22.8 Å². The van der Waals surface area contributed by atoms with Crippen LogP contribution in [0.25, 0.3) is 10.8 Å². The van der Waals surface area contributed by atoms with Gasteiger partial charge in [-0.1, -0.05) is 30.3 Å². The Morgan fingerprint density at radius 1 is 1.00 bits per heavy atom. The van der Waals surface area contributed by atoms with Crippen molar-refractivity contribution in [1.82, 2.24) is 5.32 Å². The molecule has 1 aliphatic carbocycles. The molecular formula is C24H18F3NO4. The van der Waals surface area contributed by atoms with Gasteiger partial charge in [0.05, 0.1) is 5.56 Å². The maximum absolute atomic E-state index is 13.4. The number of amides is 2. The van der Waals surface area contributed by atoms with Gasteiger partial charge in [0.1, 0.15) is 11.5 Å². The van der Waals surface area contributed by atoms with Gasteiger partial charge in [-0.25, -0.2) is 4.79 Å². The summed E-state index contributed by atoms with van der Waals surface area (Å²) >= 11 is 0. The second kappa shape index (κ2) is 7.55. The molecular weight excluding hydrogens is 423 g/mol. The second-order valence-electron chi connectivity index (χ2n) is 7.93. The number of alkyl halides is 3. The number of ether oxygens (including phenoxy) is 2. The third-order valence-corrected chi connectivity index (χ3v) is 5.98. The zero-order valence-corrected chi connectivity index (χ0v) is 16.7. The van der Waals surface area contributed by atoms with Crippen molar-refractivity contribution in [3.05, 3.63) is 71.3 Å². The summed E-state index contributed by atoms with van der Waals surface area (Å²) in [6, 6.07) is 14.0. The molecule has 0 saturated carbocycles. The monoisotopic (exact) mass is 441 g/mol. The number of hydrogen-bond donors (Lipinski definition) is 1. The van der Waals surface area contributed by atoms with Crippen molar-refractivity contribution < 1.29 is 32.2 Å². The van der Waals surface area contributed by atoms with Crippen LogP contribution in [0.3, 0.4) is 0 Å². The number of aryl methyl sites for hydroxylation is 1. The predicted molar refractivity (Wildman–Crippen MR) is 110 cm³/mol. The van der Waals surface area contributed by atoms with E-state index >= 15 is 0 Å². The zero-order valence-electron chi connectivity index (χ0n) is 16.7. The highest BCUT2D eigenvalue weighted by molar-refractivity contribution is 6.00. The van der Waals surface area contributed by atoms with Crippen LogP contribution in [0.15, 0.2) is 54.6 Å². The summed E-state index contributed by atoms with van der Waals surface area (Å²) < 4.78 is 51.3. The third-order valence-electron chi connectivity index (χ3n) is 5.98. The van der Waals surface area contributed by atoms with Gasteiger partial charge in [0.2, 0.25) is 0 Å². The number of carbonyl (C=O) groups excluding carboxylic acids is 2. The maximum atomic E-state index is 13.4. The predicted octanol–water partition coefficient (Wildman–Crippen LogP) is 5.71. The number of cyclic esters (lactones) is 1. The van der Waals surface area contributed by atoms with Crippen LogP contribution in [0, 0.1) is 0 Å². The third kappa shape index (κ3) is 3.55. The van der Waals surface area contributed by atoms with Gasteiger partial charge in [-0.05, 0) is 60.0 Å². The molecule has 1 fully saturated rings. The summed E-state index contributed by atoms with van der Waals surface area (Å²) in [5.74, 6) is 0.128. The molecule has 1 saturated heterocycles. The Labute approximate surface area is 181 Å². The lowest BCUT2D eigenvalue weighted by Gasteiger charge is -2.28. The summed E-state index contributed by atoms with van der Waals surface area (Å²) in [6.45, 7) is 0. The number of alkyl carbamates (subject to hydrolysis) is 1. The second-order valence-corrected chi connectivity index (χ2v) is 7.93. The highest BCUT2D eigenvalue weighted by Crippen LogP contribution is 2.41. The molecule has 3 aromatic rings. The molecule has 0 spiro atoms. The van der Waals surface area contributed by atoms with Crippen molar-refractivity contribution in [1.29, 1.82) is 0 Å². The molecule has 32 heavy (non-hydrogen) atoms. The summed E-state index contributed by atoms with van der Waals surface area (Å²) in [7, 11) is 0. The van der Waals surface area contributed by atoms with Gasteiger partial charge in [-0.2, -0.15) is 13.2 Å². The van der Waals surface area contributed by atoms with Crippen molar-refractivity contribution in [2.24, 2.45) is 0 Å². The lowest BCUT2D eigenvalue weighted by molar-refractivity contribution is -0.136. The Bertz CT molecular complexity index is 1240. The molecule has 5 rings (SSSR count). The quantitative estimate of drug-likeness (QED) is 0.566. The molecule has 1 N–H and O–H groups in total. The summed E-state index contributed by atoms with van der Waals surface area (Å²) in [6.07, 6.45) is -3.77. The first-order valence-corrected chi connectivity index (χ1v) is 10.2. The van der Waals surface area contributed by atoms with E-state index in [0.717, 1.165) is 30.0 Å². The van der Waals surface area contributed by atoms with Gasteiger partial charge < -0.3 is 9.47 Å². The molecule has 0 radical (unpaired) electrons. The normalized spacial score (nSPS) is 20.6. The van der Waals surface area contributed by atoms with E-state index in [-0.39, 0.29) is 11.3 Å². The van der Waals surface area contributed by atoms with Crippen molar-refractivity contribution in [3.63, 3.8) is 0 Å². The van der Waals surface area contributed by atoms with Crippen LogP contribution in [-0.2, 0) is 22.1 Å². The fourth-order valence-corrected chi connectivity index (χ4v) is 4.58. The smallest absolute Gasteiger partial charge is 0.417 e. The first kappa shape index (κ1) is 20.4. The van der Waals surface area contributed by atoms with Gasteiger partial charge in [-0.3, -0.25) is 10.1 Å². The van der Waals surface area contributed by atoms with E-state index in [1.165, 1.54) is 12.1 Å². The minimum absolute atomic E-state index is 0.0737. The molecule has 8 heteroatoms. The number of imide groups is 1. The Hall–Kier alpha value is -3.55. The highest BCUT2D eigenvalue weighted by atomic mass is 19.4. The minimum atomic E-state index is -4.46. The molecule has 3 aromatic carbocycles. The van der Waals surface area contributed by atoms with Gasteiger partial charge in [-0.15, -0.1) is 0 Å². The van der Waals surface area contributed by atoms with Crippen LogP contribution in [0.4, 0.5) is 18.0 Å². The molecule has 1 heterocycles. The van der Waals surface area contributed by atoms with E-state index < -0.39 is 29.8 Å². The van der Waals surface area contributed by atoms with E-state index in [4.69, 9.17) is 9.47 Å². The van der Waals surface area contributed by atoms with Crippen LogP contribution in [-0.4, -0.2) is 18.1 Å². The van der Waals surface area contributed by atoms with E-state index in [0.29, 0.717) is 23.3 Å². The Kier molecular flexibility index (Phi) is 4.80. The first-order chi connectivity index (χ1) is 15.3. The molecule has 1 aliphatic heterocycles. The van der Waals surface area contributed by atoms with Crippen LogP contribution in [0.2, 0.25) is 0 Å². The van der Waals surface area contributed by atoms with Crippen LogP contribution >= 0.6 is 0 Å². The average molecular weight is 441 g/mol. The number of nitrogens with one attached hydrogen (secondary N) is 1. The number of rotatable bonds is 3. The van der Waals surface area contributed by atoms with Crippen molar-refractivity contribution in [2.75, 3.05) is 0 Å². The summed E-state index contributed by atoms with van der Waals surface area (Å²) in [4.78, 5) is 23.5. The maximum Gasteiger partial charge on any atom is 0.417 e. The standard InChI is InChI=1S/C24H18F3NO4/c25-24(26,27)19-10-11-20(17-6-2-1-5-16(17)19)31-14-8-9-15-13(12-14)4-3-7-18(15)21-22(29)28-23(30)32-21/h1-2,5-6,8-12,18,21H,3-4,7H2,(H,28,29,30)/t18-,21?/m1/s1. The van der Waals surface area contributed by atoms with E-state index in [2.05, 4.69) is 5.32 Å². The number of fused-ring (bicyclic) bond motifs is 2. The SMILES string of the molecule is O=C1NC(=O)C([C@@H]2CCCc3cc(Oc4ccc(C(F)(F)F)c5ccccc45)ccc32)O1. The molecule has 2 aliphatic rings. The number of hydrogen-bond acceptors (Lipinski definition) is 4. The number of benzene rings is 3. The number of halogens is 3. The van der Waals surface area contributed by atoms with E-state index in [1.54, 1.807) is 24.3 Å². The molecule has 0 aromatic heterocycles. The molecule has 5 nitrogen and oxygen atoms in total. The van der Waals surface area contributed by atoms with Gasteiger partial charge >= 0.3 is 12.3 Å². The fourth-order valence-electron chi connectivity index (χ4n) is 4.58. The van der Waals surface area contributed by atoms with Crippen LogP contribution in [0.5, 0.6) is 11.5 Å². The molecule has 1 unspecified atom stereocenters. The van der Waals surface area contributed by atoms with Crippen molar-refractivity contribution in [3.8, 4) is 11.5 Å². The van der Waals surface area contributed by atoms with E-state index in [1.807, 2.05) is 12.1 Å². The molecule has 2 amide bonds. The van der Waals surface area contributed by atoms with Crippen LogP contribution < -0.4 is 10.1 Å². The Morgan fingerprint density at radius 3 is 2.50 bits per heavy atom. The highest BCUT2D eigenvalue weighted by Gasteiger charge is 2.41. The lowest BCUT2D eigenvalue weighted by Crippen LogP contribution is -2.31. The summed E-state index contributed by atoms with van der Waals surface area (Å²) in [5, 5.41) is 2.61. The average Bonchev–Trinajstić information content (AvgIpc) is 3.10. The largest absolute Gasteiger partial charge is 0.457 e. The topological polar surface area (TPSA) is 64.6 Å². The number of carbonyl (C=O) groups is 2. The van der Waals surface area contributed by atoms with Gasteiger partial charge in [0.15, 0.2) is 6.10 Å². The molecule has 0 bridgehead atoms. The minimum Gasteiger partial charge on any atom is -0.457 e. The molecule has 2 atom stereocenters. The van der Waals surface area contributed by atoms with Crippen molar-refractivity contribution in [2.45, 2.75) is 37.5 Å². The van der Waals surface area contributed by atoms with Crippen molar-refractivity contribution >= 4 is 22.8 Å². The Balaban J connectivity index is 1.47. The fraction of sp³-hybridized carbons (Fsp3) is 0.250.